The van der Waals surface area contributed by atoms with Gasteiger partial charge in [-0.05, 0) is 6.07 Å². The molecule has 1 aliphatic heterocycles. The second kappa shape index (κ2) is 3.52. The second-order valence-electron chi connectivity index (χ2n) is 4.15. The molecule has 0 aliphatic carbocycles. The van der Waals surface area contributed by atoms with Crippen LogP contribution < -0.4 is 0 Å². The van der Waals surface area contributed by atoms with Crippen molar-refractivity contribution in [3.63, 3.8) is 0 Å². The lowest BCUT2D eigenvalue weighted by atomic mass is 10.2. The maximum Gasteiger partial charge on any atom is 0.285 e. The third-order valence-corrected chi connectivity index (χ3v) is 5.23. The zero-order valence-corrected chi connectivity index (χ0v) is 11.1. The molecule has 4 rings (SSSR count). The number of aromatic nitrogens is 2. The molecule has 1 aliphatic rings. The lowest BCUT2D eigenvalue weighted by Crippen LogP contribution is -2.12. The summed E-state index contributed by atoms with van der Waals surface area (Å²) in [5.74, 6) is 0.373. The van der Waals surface area contributed by atoms with Gasteiger partial charge in [0.2, 0.25) is 0 Å². The molecule has 7 heteroatoms. The van der Waals surface area contributed by atoms with Crippen LogP contribution in [0.25, 0.3) is 10.9 Å². The standard InChI is InChI=1S/C12H7N3O2S2/c16-19(17)11-7-18-6-9(11)12(14-19)15-10-4-2-1-3-8(10)5-13-15/h1-7H. The van der Waals surface area contributed by atoms with Gasteiger partial charge in [-0.3, -0.25) is 0 Å². The van der Waals surface area contributed by atoms with Gasteiger partial charge in [0, 0.05) is 16.1 Å². The Morgan fingerprint density at radius 1 is 1.16 bits per heavy atom. The molecule has 0 N–H and O–H groups in total. The second-order valence-corrected chi connectivity index (χ2v) is 6.47. The van der Waals surface area contributed by atoms with Crippen molar-refractivity contribution in [2.24, 2.45) is 4.40 Å². The van der Waals surface area contributed by atoms with Gasteiger partial charge in [-0.1, -0.05) is 18.2 Å². The summed E-state index contributed by atoms with van der Waals surface area (Å²) >= 11 is 1.35. The van der Waals surface area contributed by atoms with E-state index in [0.29, 0.717) is 11.4 Å². The Morgan fingerprint density at radius 3 is 2.89 bits per heavy atom. The third kappa shape index (κ3) is 1.42. The molecule has 3 aromatic rings. The van der Waals surface area contributed by atoms with Gasteiger partial charge in [-0.15, -0.1) is 4.40 Å². The van der Waals surface area contributed by atoms with Gasteiger partial charge in [0.15, 0.2) is 5.84 Å². The predicted molar refractivity (Wildman–Crippen MR) is 73.2 cm³/mol. The highest BCUT2D eigenvalue weighted by atomic mass is 32.2. The SMILES string of the molecule is O=S1(=O)N=C(n2ncc3ccccc32)c2cscc21. The number of benzene rings is 1. The van der Waals surface area contributed by atoms with Gasteiger partial charge >= 0.3 is 0 Å². The fourth-order valence-corrected chi connectivity index (χ4v) is 4.50. The van der Waals surface area contributed by atoms with Crippen LogP contribution in [0.1, 0.15) is 5.56 Å². The maximum absolute atomic E-state index is 11.9. The van der Waals surface area contributed by atoms with Gasteiger partial charge in [-0.2, -0.15) is 24.9 Å². The van der Waals surface area contributed by atoms with E-state index >= 15 is 0 Å². The summed E-state index contributed by atoms with van der Waals surface area (Å²) in [6, 6.07) is 7.62. The first-order valence-electron chi connectivity index (χ1n) is 5.51. The van der Waals surface area contributed by atoms with Gasteiger partial charge < -0.3 is 0 Å². The van der Waals surface area contributed by atoms with Crippen LogP contribution >= 0.6 is 11.3 Å². The Kier molecular flexibility index (Phi) is 2.02. The fraction of sp³-hybridized carbons (Fsp3) is 0. The van der Waals surface area contributed by atoms with E-state index in [9.17, 15) is 8.42 Å². The van der Waals surface area contributed by atoms with E-state index < -0.39 is 10.0 Å². The number of nitrogens with zero attached hydrogens (tertiary/aromatic N) is 3. The molecule has 94 valence electrons. The molecule has 0 saturated carbocycles. The van der Waals surface area contributed by atoms with E-state index in [1.54, 1.807) is 21.6 Å². The number of fused-ring (bicyclic) bond motifs is 2. The molecule has 0 radical (unpaired) electrons. The minimum absolute atomic E-state index is 0.270. The van der Waals surface area contributed by atoms with Gasteiger partial charge in [0.05, 0.1) is 17.3 Å². The Labute approximate surface area is 112 Å². The van der Waals surface area contributed by atoms with Crippen molar-refractivity contribution in [2.45, 2.75) is 4.90 Å². The molecule has 0 spiro atoms. The monoisotopic (exact) mass is 289 g/mol. The van der Waals surface area contributed by atoms with Crippen LogP contribution in [-0.4, -0.2) is 24.0 Å². The van der Waals surface area contributed by atoms with E-state index in [4.69, 9.17) is 0 Å². The van der Waals surface area contributed by atoms with Crippen LogP contribution in [0.4, 0.5) is 0 Å². The Hall–Kier alpha value is -1.99. The van der Waals surface area contributed by atoms with Gasteiger partial charge in [0.25, 0.3) is 10.0 Å². The molecule has 0 unspecified atom stereocenters. The average Bonchev–Trinajstić information content (AvgIpc) is 3.07. The molecule has 0 atom stereocenters. The van der Waals surface area contributed by atoms with Crippen LogP contribution in [0.5, 0.6) is 0 Å². The molecule has 3 heterocycles. The minimum atomic E-state index is -3.57. The number of rotatable bonds is 0. The normalized spacial score (nSPS) is 16.5. The highest BCUT2D eigenvalue weighted by Crippen LogP contribution is 2.31. The van der Waals surface area contributed by atoms with Crippen LogP contribution in [0.3, 0.4) is 0 Å². The lowest BCUT2D eigenvalue weighted by molar-refractivity contribution is 0.599. The Balaban J connectivity index is 2.05. The summed E-state index contributed by atoms with van der Waals surface area (Å²) in [4.78, 5) is 0.270. The Bertz CT molecular complexity index is 935. The summed E-state index contributed by atoms with van der Waals surface area (Å²) in [5, 5.41) is 8.59. The molecule has 2 aromatic heterocycles. The first-order chi connectivity index (χ1) is 9.17. The molecular weight excluding hydrogens is 282 g/mol. The zero-order valence-electron chi connectivity index (χ0n) is 9.52. The molecule has 0 saturated heterocycles. The molecule has 0 amide bonds. The predicted octanol–water partition coefficient (Wildman–Crippen LogP) is 2.09. The summed E-state index contributed by atoms with van der Waals surface area (Å²) < 4.78 is 29.3. The zero-order chi connectivity index (χ0) is 13.0. The van der Waals surface area contributed by atoms with E-state index in [-0.39, 0.29) is 4.90 Å². The minimum Gasteiger partial charge on any atom is -0.213 e. The highest BCUT2D eigenvalue weighted by Gasteiger charge is 2.31. The molecule has 0 bridgehead atoms. The third-order valence-electron chi connectivity index (χ3n) is 3.03. The van der Waals surface area contributed by atoms with E-state index in [0.717, 1.165) is 10.9 Å². The Morgan fingerprint density at radius 2 is 2.00 bits per heavy atom. The fourth-order valence-electron chi connectivity index (χ4n) is 2.15. The molecule has 5 nitrogen and oxygen atoms in total. The largest absolute Gasteiger partial charge is 0.285 e. The maximum atomic E-state index is 11.9. The van der Waals surface area contributed by atoms with E-state index in [1.165, 1.54) is 11.3 Å². The number of hydrogen-bond acceptors (Lipinski definition) is 4. The summed E-state index contributed by atoms with van der Waals surface area (Å²) in [7, 11) is -3.57. The van der Waals surface area contributed by atoms with Gasteiger partial charge in [-0.25, -0.2) is 4.68 Å². The van der Waals surface area contributed by atoms with Crippen molar-refractivity contribution in [3.8, 4) is 0 Å². The van der Waals surface area contributed by atoms with Crippen LogP contribution in [0, 0.1) is 0 Å². The number of hydrogen-bond donors (Lipinski definition) is 0. The van der Waals surface area contributed by atoms with Gasteiger partial charge in [0.1, 0.15) is 4.90 Å². The van der Waals surface area contributed by atoms with E-state index in [1.807, 2.05) is 24.3 Å². The molecule has 1 aromatic carbocycles. The van der Waals surface area contributed by atoms with Crippen molar-refractivity contribution < 1.29 is 8.42 Å². The smallest absolute Gasteiger partial charge is 0.213 e. The first-order valence-corrected chi connectivity index (χ1v) is 7.90. The van der Waals surface area contributed by atoms with Crippen LogP contribution in [-0.2, 0) is 10.0 Å². The number of thiophene rings is 1. The highest BCUT2D eigenvalue weighted by molar-refractivity contribution is 7.91. The van der Waals surface area contributed by atoms with Crippen molar-refractivity contribution >= 4 is 38.1 Å². The molecule has 19 heavy (non-hydrogen) atoms. The first kappa shape index (κ1) is 10.9. The van der Waals surface area contributed by atoms with Crippen molar-refractivity contribution in [3.05, 3.63) is 46.8 Å². The van der Waals surface area contributed by atoms with Crippen LogP contribution in [0.15, 0.2) is 50.5 Å². The molecule has 0 fully saturated rings. The van der Waals surface area contributed by atoms with Crippen LogP contribution in [0.2, 0.25) is 0 Å². The molecular formula is C12H7N3O2S2. The quantitative estimate of drug-likeness (QED) is 0.636. The average molecular weight is 289 g/mol. The van der Waals surface area contributed by atoms with Crippen molar-refractivity contribution in [1.82, 2.24) is 9.78 Å². The lowest BCUT2D eigenvalue weighted by Gasteiger charge is -2.01. The summed E-state index contributed by atoms with van der Waals surface area (Å²) in [5.41, 5.74) is 1.47. The summed E-state index contributed by atoms with van der Waals surface area (Å²) in [6.07, 6.45) is 1.70. The number of para-hydroxylation sites is 1. The summed E-state index contributed by atoms with van der Waals surface area (Å²) in [6.45, 7) is 0. The van der Waals surface area contributed by atoms with Crippen molar-refractivity contribution in [1.29, 1.82) is 0 Å². The number of sulfonamides is 1. The van der Waals surface area contributed by atoms with Crippen molar-refractivity contribution in [2.75, 3.05) is 0 Å². The topological polar surface area (TPSA) is 64.3 Å². The van der Waals surface area contributed by atoms with E-state index in [2.05, 4.69) is 9.50 Å².